The normalized spacial score (nSPS) is 10.3. The molecule has 21 heavy (non-hydrogen) atoms. The van der Waals surface area contributed by atoms with Crippen molar-refractivity contribution in [2.45, 2.75) is 5.88 Å². The molecule has 1 heterocycles. The Morgan fingerprint density at radius 2 is 1.95 bits per heavy atom. The summed E-state index contributed by atoms with van der Waals surface area (Å²) in [6, 6.07) is 18.8. The summed E-state index contributed by atoms with van der Waals surface area (Å²) < 4.78 is 5.80. The minimum Gasteiger partial charge on any atom is -0.439 e. The van der Waals surface area contributed by atoms with E-state index in [1.54, 1.807) is 24.3 Å². The maximum atomic E-state index is 8.93. The van der Waals surface area contributed by atoms with Crippen molar-refractivity contribution in [3.05, 3.63) is 65.7 Å². The third-order valence-corrected chi connectivity index (χ3v) is 3.37. The lowest BCUT2D eigenvalue weighted by Gasteiger charge is -2.10. The zero-order valence-corrected chi connectivity index (χ0v) is 11.8. The average molecular weight is 295 g/mol. The van der Waals surface area contributed by atoms with E-state index in [0.29, 0.717) is 23.1 Å². The molecule has 4 heteroatoms. The summed E-state index contributed by atoms with van der Waals surface area (Å²) in [6.07, 6.45) is 0. The molecule has 3 aromatic rings. The summed E-state index contributed by atoms with van der Waals surface area (Å²) in [5, 5.41) is 9.95. The molecule has 3 nitrogen and oxygen atoms in total. The Labute approximate surface area is 127 Å². The Kier molecular flexibility index (Phi) is 3.72. The molecular weight excluding hydrogens is 284 g/mol. The number of hydrogen-bond donors (Lipinski definition) is 0. The van der Waals surface area contributed by atoms with Crippen molar-refractivity contribution in [3.8, 4) is 17.7 Å². The molecule has 0 aliphatic carbocycles. The van der Waals surface area contributed by atoms with Crippen LogP contribution < -0.4 is 4.74 Å². The van der Waals surface area contributed by atoms with Crippen molar-refractivity contribution in [2.75, 3.05) is 0 Å². The predicted molar refractivity (Wildman–Crippen MR) is 82.5 cm³/mol. The molecule has 0 radical (unpaired) electrons. The van der Waals surface area contributed by atoms with Crippen molar-refractivity contribution >= 4 is 22.5 Å². The Hall–Kier alpha value is -2.57. The fourth-order valence-electron chi connectivity index (χ4n) is 2.07. The van der Waals surface area contributed by atoms with Crippen LogP contribution in [0, 0.1) is 11.3 Å². The molecular formula is C17H11ClN2O. The van der Waals surface area contributed by atoms with E-state index in [4.69, 9.17) is 21.6 Å². The molecule has 3 rings (SSSR count). The Balaban J connectivity index is 2.04. The third kappa shape index (κ3) is 2.81. The number of benzene rings is 2. The Morgan fingerprint density at radius 3 is 2.76 bits per heavy atom. The number of hydrogen-bond acceptors (Lipinski definition) is 3. The summed E-state index contributed by atoms with van der Waals surface area (Å²) in [5.74, 6) is 1.35. The van der Waals surface area contributed by atoms with Crippen LogP contribution >= 0.6 is 11.6 Å². The van der Waals surface area contributed by atoms with E-state index in [1.807, 2.05) is 30.3 Å². The molecule has 0 aliphatic heterocycles. The van der Waals surface area contributed by atoms with Crippen molar-refractivity contribution < 1.29 is 4.74 Å². The van der Waals surface area contributed by atoms with Crippen LogP contribution in [-0.2, 0) is 5.88 Å². The maximum Gasteiger partial charge on any atom is 0.224 e. The number of fused-ring (bicyclic) bond motifs is 1. The highest BCUT2D eigenvalue weighted by Crippen LogP contribution is 2.28. The molecule has 0 fully saturated rings. The van der Waals surface area contributed by atoms with Gasteiger partial charge in [0.1, 0.15) is 5.75 Å². The van der Waals surface area contributed by atoms with Gasteiger partial charge in [0.25, 0.3) is 0 Å². The van der Waals surface area contributed by atoms with Gasteiger partial charge in [-0.25, -0.2) is 4.98 Å². The summed E-state index contributed by atoms with van der Waals surface area (Å²) in [4.78, 5) is 4.51. The number of ether oxygens (including phenoxy) is 1. The maximum absolute atomic E-state index is 8.93. The van der Waals surface area contributed by atoms with Gasteiger partial charge in [0.2, 0.25) is 5.88 Å². The monoisotopic (exact) mass is 294 g/mol. The van der Waals surface area contributed by atoms with Crippen LogP contribution in [0.25, 0.3) is 10.9 Å². The van der Waals surface area contributed by atoms with E-state index in [2.05, 4.69) is 11.1 Å². The number of nitriles is 1. The van der Waals surface area contributed by atoms with Crippen LogP contribution in [0.5, 0.6) is 11.6 Å². The van der Waals surface area contributed by atoms with Crippen molar-refractivity contribution in [2.24, 2.45) is 0 Å². The molecule has 102 valence electrons. The van der Waals surface area contributed by atoms with Gasteiger partial charge in [-0.1, -0.05) is 24.3 Å². The van der Waals surface area contributed by atoms with Crippen molar-refractivity contribution in [3.63, 3.8) is 0 Å². The molecule has 0 N–H and O–H groups in total. The number of alkyl halides is 1. The highest BCUT2D eigenvalue weighted by molar-refractivity contribution is 6.17. The van der Waals surface area contributed by atoms with Gasteiger partial charge in [-0.2, -0.15) is 5.26 Å². The molecule has 0 saturated carbocycles. The number of nitrogens with zero attached hydrogens (tertiary/aromatic N) is 2. The van der Waals surface area contributed by atoms with Crippen molar-refractivity contribution in [1.29, 1.82) is 5.26 Å². The number of halogens is 1. The second kappa shape index (κ2) is 5.82. The lowest BCUT2D eigenvalue weighted by Crippen LogP contribution is -1.94. The van der Waals surface area contributed by atoms with Crippen molar-refractivity contribution in [1.82, 2.24) is 4.98 Å². The zero-order chi connectivity index (χ0) is 14.7. The third-order valence-electron chi connectivity index (χ3n) is 3.08. The molecule has 0 unspecified atom stereocenters. The summed E-state index contributed by atoms with van der Waals surface area (Å²) in [5.41, 5.74) is 2.20. The number of pyridine rings is 1. The van der Waals surface area contributed by atoms with Gasteiger partial charge >= 0.3 is 0 Å². The highest BCUT2D eigenvalue weighted by Gasteiger charge is 2.09. The lowest BCUT2D eigenvalue weighted by atomic mass is 10.1. The first-order valence-corrected chi connectivity index (χ1v) is 6.96. The Bertz CT molecular complexity index is 840. The lowest BCUT2D eigenvalue weighted by molar-refractivity contribution is 0.460. The van der Waals surface area contributed by atoms with Gasteiger partial charge in [0, 0.05) is 10.9 Å². The molecule has 2 aromatic carbocycles. The first kappa shape index (κ1) is 13.4. The van der Waals surface area contributed by atoms with E-state index in [0.717, 1.165) is 16.5 Å². The predicted octanol–water partition coefficient (Wildman–Crippen LogP) is 4.64. The van der Waals surface area contributed by atoms with Gasteiger partial charge in [-0.05, 0) is 30.3 Å². The van der Waals surface area contributed by atoms with Crippen LogP contribution in [0.2, 0.25) is 0 Å². The molecule has 0 amide bonds. The SMILES string of the molecule is N#Cc1cccc(Oc2nc3ccccc3cc2CCl)c1. The molecule has 0 atom stereocenters. The van der Waals surface area contributed by atoms with E-state index in [1.165, 1.54) is 0 Å². The fraction of sp³-hybridized carbons (Fsp3) is 0.0588. The summed E-state index contributed by atoms with van der Waals surface area (Å²) >= 11 is 5.98. The minimum atomic E-state index is 0.311. The molecule has 0 bridgehead atoms. The van der Waals surface area contributed by atoms with Crippen LogP contribution in [0.3, 0.4) is 0 Å². The van der Waals surface area contributed by atoms with Gasteiger partial charge in [-0.3, -0.25) is 0 Å². The largest absolute Gasteiger partial charge is 0.439 e. The zero-order valence-electron chi connectivity index (χ0n) is 11.1. The standard InChI is InChI=1S/C17H11ClN2O/c18-10-14-9-13-5-1-2-7-16(13)20-17(14)21-15-6-3-4-12(8-15)11-19/h1-9H,10H2. The molecule has 0 saturated heterocycles. The molecule has 1 aromatic heterocycles. The Morgan fingerprint density at radius 1 is 1.10 bits per heavy atom. The topological polar surface area (TPSA) is 45.9 Å². The van der Waals surface area contributed by atoms with E-state index >= 15 is 0 Å². The number of para-hydroxylation sites is 1. The van der Waals surface area contributed by atoms with Gasteiger partial charge in [-0.15, -0.1) is 11.6 Å². The number of aromatic nitrogens is 1. The minimum absolute atomic E-state index is 0.311. The smallest absolute Gasteiger partial charge is 0.224 e. The molecule has 0 aliphatic rings. The number of rotatable bonds is 3. The first-order valence-electron chi connectivity index (χ1n) is 6.43. The van der Waals surface area contributed by atoms with E-state index < -0.39 is 0 Å². The van der Waals surface area contributed by atoms with E-state index in [9.17, 15) is 0 Å². The summed E-state index contributed by atoms with van der Waals surface area (Å²) in [7, 11) is 0. The highest BCUT2D eigenvalue weighted by atomic mass is 35.5. The van der Waals surface area contributed by atoms with Crippen LogP contribution in [-0.4, -0.2) is 4.98 Å². The molecule has 0 spiro atoms. The van der Waals surface area contributed by atoms with Gasteiger partial charge < -0.3 is 4.74 Å². The van der Waals surface area contributed by atoms with Crippen LogP contribution in [0.15, 0.2) is 54.6 Å². The quantitative estimate of drug-likeness (QED) is 0.661. The van der Waals surface area contributed by atoms with Crippen LogP contribution in [0.4, 0.5) is 0 Å². The van der Waals surface area contributed by atoms with Gasteiger partial charge in [0.15, 0.2) is 0 Å². The van der Waals surface area contributed by atoms with Gasteiger partial charge in [0.05, 0.1) is 23.0 Å². The second-order valence-electron chi connectivity index (χ2n) is 4.52. The average Bonchev–Trinajstić information content (AvgIpc) is 2.54. The second-order valence-corrected chi connectivity index (χ2v) is 4.79. The summed E-state index contributed by atoms with van der Waals surface area (Å²) in [6.45, 7) is 0. The fourth-order valence-corrected chi connectivity index (χ4v) is 2.26. The van der Waals surface area contributed by atoms with Crippen LogP contribution in [0.1, 0.15) is 11.1 Å². The van der Waals surface area contributed by atoms with E-state index in [-0.39, 0.29) is 0 Å². The first-order chi connectivity index (χ1) is 10.3.